The van der Waals surface area contributed by atoms with Gasteiger partial charge in [0.15, 0.2) is 5.78 Å². The second-order valence-corrected chi connectivity index (χ2v) is 3.17. The molecular weight excluding hydrogens is 180 g/mol. The molecule has 0 aliphatic heterocycles. The van der Waals surface area contributed by atoms with Crippen molar-refractivity contribution >= 4 is 11.5 Å². The van der Waals surface area contributed by atoms with Crippen LogP contribution in [0, 0.1) is 0 Å². The quantitative estimate of drug-likeness (QED) is 0.782. The van der Waals surface area contributed by atoms with Gasteiger partial charge in [-0.05, 0) is 26.0 Å². The summed E-state index contributed by atoms with van der Waals surface area (Å²) in [4.78, 5) is 22.8. The zero-order valence-electron chi connectivity index (χ0n) is 8.57. The second kappa shape index (κ2) is 4.09. The van der Waals surface area contributed by atoms with Crippen LogP contribution in [-0.4, -0.2) is 17.4 Å². The molecule has 1 atom stereocenters. The molecule has 1 unspecified atom stereocenters. The number of hydrogen-bond acceptors (Lipinski definition) is 3. The number of rotatable bonds is 3. The molecule has 0 spiro atoms. The predicted octanol–water partition coefficient (Wildman–Crippen LogP) is 1.04. The fourth-order valence-corrected chi connectivity index (χ4v) is 1.20. The van der Waals surface area contributed by atoms with E-state index in [2.05, 4.69) is 5.32 Å². The Labute approximate surface area is 82.6 Å². The van der Waals surface area contributed by atoms with Crippen LogP contribution in [0.2, 0.25) is 0 Å². The molecule has 0 amide bonds. The summed E-state index contributed by atoms with van der Waals surface area (Å²) in [6.45, 7) is 3.19. The third-order valence-electron chi connectivity index (χ3n) is 2.25. The summed E-state index contributed by atoms with van der Waals surface area (Å²) in [6, 6.07) is 3.02. The van der Waals surface area contributed by atoms with Gasteiger partial charge in [0.2, 0.25) is 0 Å². The van der Waals surface area contributed by atoms with E-state index >= 15 is 0 Å². The Morgan fingerprint density at radius 3 is 2.71 bits per heavy atom. The van der Waals surface area contributed by atoms with Crippen LogP contribution in [-0.2, 0) is 4.79 Å². The first-order valence-electron chi connectivity index (χ1n) is 4.47. The van der Waals surface area contributed by atoms with Crippen molar-refractivity contribution in [3.63, 3.8) is 0 Å². The van der Waals surface area contributed by atoms with Gasteiger partial charge in [0.05, 0.1) is 6.04 Å². The Balaban J connectivity index is 3.23. The molecule has 0 saturated heterocycles. The molecule has 0 aliphatic rings. The first kappa shape index (κ1) is 10.5. The third kappa shape index (κ3) is 1.84. The van der Waals surface area contributed by atoms with E-state index in [0.717, 1.165) is 0 Å². The molecule has 0 saturated carbocycles. The maximum Gasteiger partial charge on any atom is 0.274 e. The molecular formula is C10H14N2O2. The highest BCUT2D eigenvalue weighted by Crippen LogP contribution is 2.05. The van der Waals surface area contributed by atoms with Crippen molar-refractivity contribution < 1.29 is 4.79 Å². The SMILES string of the molecule is CNc1cccn(C(C)C(C)=O)c1=O. The van der Waals surface area contributed by atoms with Crippen LogP contribution < -0.4 is 10.9 Å². The summed E-state index contributed by atoms with van der Waals surface area (Å²) < 4.78 is 1.42. The molecule has 1 N–H and O–H groups in total. The first-order valence-corrected chi connectivity index (χ1v) is 4.47. The molecule has 76 valence electrons. The number of pyridine rings is 1. The van der Waals surface area contributed by atoms with Gasteiger partial charge in [-0.1, -0.05) is 0 Å². The Morgan fingerprint density at radius 2 is 2.21 bits per heavy atom. The Morgan fingerprint density at radius 1 is 1.57 bits per heavy atom. The minimum Gasteiger partial charge on any atom is -0.384 e. The number of carbonyl (C=O) groups is 1. The lowest BCUT2D eigenvalue weighted by Crippen LogP contribution is -2.27. The number of carbonyl (C=O) groups excluding carboxylic acids is 1. The highest BCUT2D eigenvalue weighted by Gasteiger charge is 2.12. The number of nitrogens with one attached hydrogen (secondary N) is 1. The lowest BCUT2D eigenvalue weighted by Gasteiger charge is -2.12. The molecule has 0 bridgehead atoms. The summed E-state index contributed by atoms with van der Waals surface area (Å²) in [5.74, 6) is -0.0275. The van der Waals surface area contributed by atoms with Crippen molar-refractivity contribution in [2.45, 2.75) is 19.9 Å². The molecule has 1 heterocycles. The fraction of sp³-hybridized carbons (Fsp3) is 0.400. The molecule has 1 aromatic rings. The summed E-state index contributed by atoms with van der Waals surface area (Å²) in [6.07, 6.45) is 1.62. The van der Waals surface area contributed by atoms with Crippen molar-refractivity contribution in [2.24, 2.45) is 0 Å². The minimum absolute atomic E-state index is 0.0275. The number of hydrogen-bond donors (Lipinski definition) is 1. The maximum atomic E-state index is 11.7. The van der Waals surface area contributed by atoms with Gasteiger partial charge in [0, 0.05) is 13.2 Å². The fourth-order valence-electron chi connectivity index (χ4n) is 1.20. The van der Waals surface area contributed by atoms with Gasteiger partial charge >= 0.3 is 0 Å². The van der Waals surface area contributed by atoms with Crippen LogP contribution in [0.5, 0.6) is 0 Å². The molecule has 0 aliphatic carbocycles. The van der Waals surface area contributed by atoms with Crippen LogP contribution in [0.3, 0.4) is 0 Å². The van der Waals surface area contributed by atoms with E-state index in [1.165, 1.54) is 11.5 Å². The molecule has 1 aromatic heterocycles. The lowest BCUT2D eigenvalue weighted by atomic mass is 10.2. The van der Waals surface area contributed by atoms with Gasteiger partial charge in [-0.25, -0.2) is 0 Å². The van der Waals surface area contributed by atoms with Crippen LogP contribution in [0.25, 0.3) is 0 Å². The van der Waals surface area contributed by atoms with Gasteiger partial charge in [0.25, 0.3) is 5.56 Å². The van der Waals surface area contributed by atoms with Crippen molar-refractivity contribution in [1.82, 2.24) is 4.57 Å². The van der Waals surface area contributed by atoms with E-state index < -0.39 is 6.04 Å². The smallest absolute Gasteiger partial charge is 0.274 e. The summed E-state index contributed by atoms with van der Waals surface area (Å²) >= 11 is 0. The van der Waals surface area contributed by atoms with E-state index in [9.17, 15) is 9.59 Å². The Bertz CT molecular complexity index is 395. The minimum atomic E-state index is -0.407. The zero-order valence-corrected chi connectivity index (χ0v) is 8.57. The predicted molar refractivity (Wildman–Crippen MR) is 55.6 cm³/mol. The lowest BCUT2D eigenvalue weighted by molar-refractivity contribution is -0.119. The number of nitrogens with zero attached hydrogens (tertiary/aromatic N) is 1. The largest absolute Gasteiger partial charge is 0.384 e. The molecule has 0 aromatic carbocycles. The van der Waals surface area contributed by atoms with Crippen LogP contribution in [0.4, 0.5) is 5.69 Å². The molecule has 4 heteroatoms. The van der Waals surface area contributed by atoms with E-state index in [4.69, 9.17) is 0 Å². The first-order chi connectivity index (χ1) is 6.57. The van der Waals surface area contributed by atoms with Crippen molar-refractivity contribution in [3.05, 3.63) is 28.7 Å². The van der Waals surface area contributed by atoms with Crippen LogP contribution in [0.15, 0.2) is 23.1 Å². The second-order valence-electron chi connectivity index (χ2n) is 3.17. The molecule has 0 radical (unpaired) electrons. The summed E-state index contributed by atoms with van der Waals surface area (Å²) in [5.41, 5.74) is 0.332. The number of ketones is 1. The molecule has 4 nitrogen and oxygen atoms in total. The normalized spacial score (nSPS) is 12.2. The van der Waals surface area contributed by atoms with Crippen molar-refractivity contribution in [2.75, 3.05) is 12.4 Å². The summed E-state index contributed by atoms with van der Waals surface area (Å²) in [5, 5.41) is 2.78. The van der Waals surface area contributed by atoms with Gasteiger partial charge in [0.1, 0.15) is 5.69 Å². The molecule has 1 rings (SSSR count). The van der Waals surface area contributed by atoms with Gasteiger partial charge in [-0.3, -0.25) is 9.59 Å². The van der Waals surface area contributed by atoms with E-state index in [1.807, 2.05) is 0 Å². The third-order valence-corrected chi connectivity index (χ3v) is 2.25. The number of Topliss-reactive ketones (excluding diaryl/α,β-unsaturated/α-hetero) is 1. The monoisotopic (exact) mass is 194 g/mol. The van der Waals surface area contributed by atoms with Gasteiger partial charge in [-0.15, -0.1) is 0 Å². The molecule has 14 heavy (non-hydrogen) atoms. The van der Waals surface area contributed by atoms with E-state index in [-0.39, 0.29) is 11.3 Å². The molecule has 0 fully saturated rings. The van der Waals surface area contributed by atoms with Crippen LogP contribution >= 0.6 is 0 Å². The van der Waals surface area contributed by atoms with Crippen LogP contribution in [0.1, 0.15) is 19.9 Å². The topological polar surface area (TPSA) is 51.1 Å². The Kier molecular flexibility index (Phi) is 3.06. The number of aromatic nitrogens is 1. The Hall–Kier alpha value is -1.58. The highest BCUT2D eigenvalue weighted by molar-refractivity contribution is 5.79. The summed E-state index contributed by atoms with van der Waals surface area (Å²) in [7, 11) is 1.68. The van der Waals surface area contributed by atoms with Crippen molar-refractivity contribution in [1.29, 1.82) is 0 Å². The van der Waals surface area contributed by atoms with E-state index in [0.29, 0.717) is 5.69 Å². The average Bonchev–Trinajstić information content (AvgIpc) is 2.17. The zero-order chi connectivity index (χ0) is 10.7. The number of anilines is 1. The standard InChI is InChI=1S/C10H14N2O2/c1-7(8(2)13)12-6-4-5-9(11-3)10(12)14/h4-7,11H,1-3H3. The van der Waals surface area contributed by atoms with E-state index in [1.54, 1.807) is 32.3 Å². The highest BCUT2D eigenvalue weighted by atomic mass is 16.1. The van der Waals surface area contributed by atoms with Crippen molar-refractivity contribution in [3.8, 4) is 0 Å². The maximum absolute atomic E-state index is 11.7. The van der Waals surface area contributed by atoms with Gasteiger partial charge < -0.3 is 9.88 Å². The van der Waals surface area contributed by atoms with Gasteiger partial charge in [-0.2, -0.15) is 0 Å². The average molecular weight is 194 g/mol.